The number of aromatic nitrogens is 3. The Morgan fingerprint density at radius 3 is 2.82 bits per heavy atom. The summed E-state index contributed by atoms with van der Waals surface area (Å²) in [6, 6.07) is 0. The molecule has 1 heterocycles. The Morgan fingerprint density at radius 1 is 1.47 bits per heavy atom. The van der Waals surface area contributed by atoms with E-state index in [2.05, 4.69) is 41.3 Å². The largest absolute Gasteiger partial charge is 0.314 e. The maximum atomic E-state index is 4.12. The molecule has 1 aromatic heterocycles. The molecule has 0 aliphatic rings. The van der Waals surface area contributed by atoms with E-state index in [0.717, 1.165) is 38.4 Å². The Balaban J connectivity index is 2.36. The highest BCUT2D eigenvalue weighted by molar-refractivity contribution is 4.91. The number of nitrogens with one attached hydrogen (secondary N) is 1. The molecule has 5 nitrogen and oxygen atoms in total. The van der Waals surface area contributed by atoms with Gasteiger partial charge in [-0.05, 0) is 19.5 Å². The molecule has 0 aliphatic carbocycles. The zero-order chi connectivity index (χ0) is 12.7. The van der Waals surface area contributed by atoms with E-state index in [1.807, 2.05) is 17.9 Å². The van der Waals surface area contributed by atoms with Crippen molar-refractivity contribution in [2.45, 2.75) is 33.9 Å². The molecule has 0 atom stereocenters. The summed E-state index contributed by atoms with van der Waals surface area (Å²) in [5.74, 6) is 0.713. The van der Waals surface area contributed by atoms with Crippen LogP contribution in [0.15, 0.2) is 6.20 Å². The molecule has 17 heavy (non-hydrogen) atoms. The van der Waals surface area contributed by atoms with E-state index in [9.17, 15) is 0 Å². The number of likely N-dealkylation sites (N-methyl/N-ethyl adjacent to an activating group) is 1. The summed E-state index contributed by atoms with van der Waals surface area (Å²) in [5, 5.41) is 11.3. The van der Waals surface area contributed by atoms with Gasteiger partial charge in [0.05, 0.1) is 12.2 Å². The highest BCUT2D eigenvalue weighted by atomic mass is 15.4. The molecule has 0 saturated heterocycles. The molecule has 0 unspecified atom stereocenters. The summed E-state index contributed by atoms with van der Waals surface area (Å²) in [7, 11) is 1.92. The second-order valence-electron chi connectivity index (χ2n) is 4.79. The molecule has 0 amide bonds. The third-order valence-corrected chi connectivity index (χ3v) is 2.66. The summed E-state index contributed by atoms with van der Waals surface area (Å²) >= 11 is 0. The fourth-order valence-electron chi connectivity index (χ4n) is 1.85. The quantitative estimate of drug-likeness (QED) is 0.734. The lowest BCUT2D eigenvalue weighted by molar-refractivity contribution is 0.242. The molecule has 1 rings (SSSR count). The third kappa shape index (κ3) is 5.28. The van der Waals surface area contributed by atoms with Gasteiger partial charge in [0.15, 0.2) is 0 Å². The van der Waals surface area contributed by atoms with Crippen LogP contribution in [0, 0.1) is 5.92 Å². The molecule has 0 radical (unpaired) electrons. The lowest BCUT2D eigenvalue weighted by Crippen LogP contribution is -2.31. The van der Waals surface area contributed by atoms with Crippen molar-refractivity contribution in [3.05, 3.63) is 11.9 Å². The van der Waals surface area contributed by atoms with E-state index < -0.39 is 0 Å². The van der Waals surface area contributed by atoms with Crippen molar-refractivity contribution in [2.24, 2.45) is 5.92 Å². The van der Waals surface area contributed by atoms with Gasteiger partial charge in [-0.2, -0.15) is 0 Å². The first-order valence-electron chi connectivity index (χ1n) is 6.41. The zero-order valence-electron chi connectivity index (χ0n) is 11.5. The molecule has 0 aromatic carbocycles. The maximum absolute atomic E-state index is 4.12. The zero-order valence-corrected chi connectivity index (χ0v) is 11.5. The molecular formula is C12H25N5. The molecule has 1 aromatic rings. The van der Waals surface area contributed by atoms with Gasteiger partial charge in [-0.1, -0.05) is 26.0 Å². The second-order valence-corrected chi connectivity index (χ2v) is 4.79. The normalized spacial score (nSPS) is 11.6. The summed E-state index contributed by atoms with van der Waals surface area (Å²) in [6.07, 6.45) is 2.01. The van der Waals surface area contributed by atoms with Crippen molar-refractivity contribution in [3.63, 3.8) is 0 Å². The Morgan fingerprint density at radius 2 is 2.24 bits per heavy atom. The molecular weight excluding hydrogens is 214 g/mol. The SMILES string of the molecule is CCN(CCn1cc(CNC)nn1)CC(C)C. The van der Waals surface area contributed by atoms with E-state index in [1.54, 1.807) is 0 Å². The fourth-order valence-corrected chi connectivity index (χ4v) is 1.85. The third-order valence-electron chi connectivity index (χ3n) is 2.66. The lowest BCUT2D eigenvalue weighted by atomic mass is 10.2. The van der Waals surface area contributed by atoms with Crippen molar-refractivity contribution in [1.29, 1.82) is 0 Å². The van der Waals surface area contributed by atoms with E-state index in [-0.39, 0.29) is 0 Å². The Bertz CT molecular complexity index is 308. The highest BCUT2D eigenvalue weighted by Gasteiger charge is 2.06. The first-order valence-corrected chi connectivity index (χ1v) is 6.41. The van der Waals surface area contributed by atoms with Crippen LogP contribution in [0.1, 0.15) is 26.5 Å². The number of rotatable bonds is 8. The smallest absolute Gasteiger partial charge is 0.0964 e. The predicted octanol–water partition coefficient (Wildman–Crippen LogP) is 0.975. The van der Waals surface area contributed by atoms with E-state index in [0.29, 0.717) is 5.92 Å². The van der Waals surface area contributed by atoms with Crippen LogP contribution in [-0.4, -0.2) is 46.6 Å². The summed E-state index contributed by atoms with van der Waals surface area (Å²) in [5.41, 5.74) is 0.999. The van der Waals surface area contributed by atoms with Crippen LogP contribution in [0.2, 0.25) is 0 Å². The molecule has 98 valence electrons. The van der Waals surface area contributed by atoms with Crippen molar-refractivity contribution >= 4 is 0 Å². The Hall–Kier alpha value is -0.940. The van der Waals surface area contributed by atoms with Crippen LogP contribution >= 0.6 is 0 Å². The minimum absolute atomic E-state index is 0.713. The monoisotopic (exact) mass is 239 g/mol. The number of nitrogens with zero attached hydrogens (tertiary/aromatic N) is 4. The van der Waals surface area contributed by atoms with Gasteiger partial charge in [0, 0.05) is 25.8 Å². The molecule has 0 bridgehead atoms. The van der Waals surface area contributed by atoms with Gasteiger partial charge in [-0.3, -0.25) is 4.68 Å². The summed E-state index contributed by atoms with van der Waals surface area (Å²) in [6.45, 7) is 11.7. The molecule has 5 heteroatoms. The highest BCUT2D eigenvalue weighted by Crippen LogP contribution is 1.99. The van der Waals surface area contributed by atoms with Crippen LogP contribution in [0.4, 0.5) is 0 Å². The van der Waals surface area contributed by atoms with Gasteiger partial charge in [0.2, 0.25) is 0 Å². The van der Waals surface area contributed by atoms with Crippen LogP contribution < -0.4 is 5.32 Å². The van der Waals surface area contributed by atoms with Crippen LogP contribution in [0.3, 0.4) is 0 Å². The van der Waals surface area contributed by atoms with Crippen molar-refractivity contribution < 1.29 is 0 Å². The summed E-state index contributed by atoms with van der Waals surface area (Å²) < 4.78 is 1.93. The Kier molecular flexibility index (Phi) is 6.15. The van der Waals surface area contributed by atoms with E-state index >= 15 is 0 Å². The van der Waals surface area contributed by atoms with Crippen molar-refractivity contribution in [2.75, 3.05) is 26.7 Å². The van der Waals surface area contributed by atoms with Gasteiger partial charge in [-0.25, -0.2) is 0 Å². The van der Waals surface area contributed by atoms with E-state index in [1.165, 1.54) is 0 Å². The lowest BCUT2D eigenvalue weighted by Gasteiger charge is -2.22. The van der Waals surface area contributed by atoms with Crippen molar-refractivity contribution in [1.82, 2.24) is 25.2 Å². The van der Waals surface area contributed by atoms with Crippen LogP contribution in [0.25, 0.3) is 0 Å². The summed E-state index contributed by atoms with van der Waals surface area (Å²) in [4.78, 5) is 2.45. The van der Waals surface area contributed by atoms with Crippen LogP contribution in [0.5, 0.6) is 0 Å². The number of hydrogen-bond acceptors (Lipinski definition) is 4. The topological polar surface area (TPSA) is 46.0 Å². The average Bonchev–Trinajstić information content (AvgIpc) is 2.72. The predicted molar refractivity (Wildman–Crippen MR) is 69.7 cm³/mol. The van der Waals surface area contributed by atoms with Crippen molar-refractivity contribution in [3.8, 4) is 0 Å². The second kappa shape index (κ2) is 7.40. The Labute approximate surface area is 104 Å². The minimum Gasteiger partial charge on any atom is -0.314 e. The molecule has 0 aliphatic heterocycles. The molecule has 0 spiro atoms. The molecule has 0 fully saturated rings. The van der Waals surface area contributed by atoms with Gasteiger partial charge in [0.1, 0.15) is 0 Å². The van der Waals surface area contributed by atoms with Crippen LogP contribution in [-0.2, 0) is 13.1 Å². The average molecular weight is 239 g/mol. The van der Waals surface area contributed by atoms with Gasteiger partial charge in [0.25, 0.3) is 0 Å². The van der Waals surface area contributed by atoms with Gasteiger partial charge >= 0.3 is 0 Å². The van der Waals surface area contributed by atoms with Gasteiger partial charge < -0.3 is 10.2 Å². The first kappa shape index (κ1) is 14.1. The van der Waals surface area contributed by atoms with Gasteiger partial charge in [-0.15, -0.1) is 5.10 Å². The van der Waals surface area contributed by atoms with E-state index in [4.69, 9.17) is 0 Å². The first-order chi connectivity index (χ1) is 8.15. The minimum atomic E-state index is 0.713. The molecule has 1 N–H and O–H groups in total. The fraction of sp³-hybridized carbons (Fsp3) is 0.833. The molecule has 0 saturated carbocycles. The number of hydrogen-bond donors (Lipinski definition) is 1. The standard InChI is InChI=1S/C12H25N5/c1-5-16(9-11(2)3)6-7-17-10-12(8-13-4)14-15-17/h10-11,13H,5-9H2,1-4H3. The maximum Gasteiger partial charge on any atom is 0.0964 e.